The van der Waals surface area contributed by atoms with Gasteiger partial charge < -0.3 is 10.2 Å². The summed E-state index contributed by atoms with van der Waals surface area (Å²) in [6.07, 6.45) is 5.36. The summed E-state index contributed by atoms with van der Waals surface area (Å²) in [7, 11) is -3.80. The van der Waals surface area contributed by atoms with Crippen molar-refractivity contribution in [1.29, 1.82) is 0 Å². The highest BCUT2D eigenvalue weighted by atomic mass is 79.9. The van der Waals surface area contributed by atoms with Gasteiger partial charge in [-0.15, -0.1) is 0 Å². The summed E-state index contributed by atoms with van der Waals surface area (Å²) in [5.74, 6) is -0.387. The zero-order valence-corrected chi connectivity index (χ0v) is 26.9. The average molecular weight is 655 g/mol. The van der Waals surface area contributed by atoms with E-state index in [9.17, 15) is 18.0 Å². The molecule has 0 bridgehead atoms. The molecule has 0 radical (unpaired) electrons. The predicted octanol–water partition coefficient (Wildman–Crippen LogP) is 6.04. The molecule has 1 aliphatic rings. The Hall–Kier alpha value is -3.17. The summed E-state index contributed by atoms with van der Waals surface area (Å²) in [5, 5.41) is 3.19. The summed E-state index contributed by atoms with van der Waals surface area (Å²) in [4.78, 5) is 29.7. The molecular formula is C33H40BrN3O4S. The van der Waals surface area contributed by atoms with E-state index in [1.807, 2.05) is 66.7 Å². The molecule has 1 atom stereocenters. The largest absolute Gasteiger partial charge is 0.352 e. The first kappa shape index (κ1) is 31.8. The van der Waals surface area contributed by atoms with E-state index in [1.165, 1.54) is 0 Å². The minimum Gasteiger partial charge on any atom is -0.352 e. The number of nitrogens with one attached hydrogen (secondary N) is 1. The number of hydrogen-bond donors (Lipinski definition) is 1. The van der Waals surface area contributed by atoms with E-state index in [4.69, 9.17) is 0 Å². The van der Waals surface area contributed by atoms with Gasteiger partial charge in [-0.2, -0.15) is 0 Å². The van der Waals surface area contributed by atoms with Gasteiger partial charge in [-0.1, -0.05) is 97.2 Å². The van der Waals surface area contributed by atoms with Gasteiger partial charge in [-0.3, -0.25) is 13.9 Å². The van der Waals surface area contributed by atoms with E-state index in [-0.39, 0.29) is 24.4 Å². The number of anilines is 1. The van der Waals surface area contributed by atoms with Crippen LogP contribution >= 0.6 is 15.9 Å². The van der Waals surface area contributed by atoms with E-state index in [2.05, 4.69) is 35.1 Å². The van der Waals surface area contributed by atoms with Crippen LogP contribution in [0.4, 0.5) is 5.69 Å². The lowest BCUT2D eigenvalue weighted by Gasteiger charge is -2.34. The lowest BCUT2D eigenvalue weighted by molar-refractivity contribution is -0.140. The number of carbonyl (C=O) groups is 2. The van der Waals surface area contributed by atoms with E-state index >= 15 is 0 Å². The molecule has 224 valence electrons. The van der Waals surface area contributed by atoms with Crippen molar-refractivity contribution in [3.8, 4) is 0 Å². The molecule has 0 heterocycles. The van der Waals surface area contributed by atoms with Crippen LogP contribution in [0.3, 0.4) is 0 Å². The van der Waals surface area contributed by atoms with Crippen LogP contribution in [0.1, 0.15) is 62.1 Å². The molecule has 7 nitrogen and oxygen atoms in total. The second-order valence-corrected chi connectivity index (χ2v) is 14.2. The zero-order chi connectivity index (χ0) is 30.3. The van der Waals surface area contributed by atoms with Gasteiger partial charge in [0.2, 0.25) is 21.8 Å². The second kappa shape index (κ2) is 14.3. The molecule has 42 heavy (non-hydrogen) atoms. The highest BCUT2D eigenvalue weighted by molar-refractivity contribution is 9.10. The summed E-state index contributed by atoms with van der Waals surface area (Å²) in [5.41, 5.74) is 3.23. The van der Waals surface area contributed by atoms with Crippen molar-refractivity contribution in [2.24, 2.45) is 0 Å². The third-order valence-electron chi connectivity index (χ3n) is 7.74. The molecule has 1 fully saturated rings. The smallest absolute Gasteiger partial charge is 0.244 e. The van der Waals surface area contributed by atoms with Crippen LogP contribution < -0.4 is 9.62 Å². The number of halogens is 1. The molecule has 3 aromatic carbocycles. The van der Waals surface area contributed by atoms with Crippen LogP contribution in [0.2, 0.25) is 0 Å². The van der Waals surface area contributed by atoms with Crippen molar-refractivity contribution in [2.75, 3.05) is 17.1 Å². The summed E-state index contributed by atoms with van der Waals surface area (Å²) < 4.78 is 28.0. The van der Waals surface area contributed by atoms with Gasteiger partial charge in [0.15, 0.2) is 0 Å². The molecule has 1 N–H and O–H groups in total. The third-order valence-corrected chi connectivity index (χ3v) is 9.38. The maximum Gasteiger partial charge on any atom is 0.244 e. The zero-order valence-electron chi connectivity index (χ0n) is 24.5. The fourth-order valence-electron chi connectivity index (χ4n) is 5.39. The van der Waals surface area contributed by atoms with E-state index in [0.717, 1.165) is 57.4 Å². The van der Waals surface area contributed by atoms with E-state index in [1.54, 1.807) is 17.0 Å². The maximum absolute atomic E-state index is 14.2. The number of amides is 2. The molecule has 3 aromatic rings. The van der Waals surface area contributed by atoms with Gasteiger partial charge in [0.05, 0.1) is 11.9 Å². The first-order valence-corrected chi connectivity index (χ1v) is 17.1. The molecule has 0 unspecified atom stereocenters. The summed E-state index contributed by atoms with van der Waals surface area (Å²) in [6, 6.07) is 23.7. The molecule has 0 aliphatic heterocycles. The fraction of sp³-hybridized carbons (Fsp3) is 0.394. The molecule has 4 rings (SSSR count). The molecule has 1 aliphatic carbocycles. The topological polar surface area (TPSA) is 86.8 Å². The van der Waals surface area contributed by atoms with Gasteiger partial charge in [-0.05, 0) is 59.7 Å². The van der Waals surface area contributed by atoms with Crippen LogP contribution in [-0.4, -0.2) is 50.0 Å². The van der Waals surface area contributed by atoms with Gasteiger partial charge in [-0.25, -0.2) is 8.42 Å². The molecule has 1 saturated carbocycles. The van der Waals surface area contributed by atoms with Crippen molar-refractivity contribution in [3.05, 3.63) is 100 Å². The molecular weight excluding hydrogens is 614 g/mol. The fourth-order valence-corrected chi connectivity index (χ4v) is 6.69. The molecule has 0 spiro atoms. The van der Waals surface area contributed by atoms with E-state index < -0.39 is 28.5 Å². The Morgan fingerprint density at radius 3 is 2.17 bits per heavy atom. The molecule has 9 heteroatoms. The van der Waals surface area contributed by atoms with Crippen LogP contribution in [0.5, 0.6) is 0 Å². The lowest BCUT2D eigenvalue weighted by Crippen LogP contribution is -2.54. The summed E-state index contributed by atoms with van der Waals surface area (Å²) in [6.45, 7) is 3.86. The van der Waals surface area contributed by atoms with Gasteiger partial charge >= 0.3 is 0 Å². The highest BCUT2D eigenvalue weighted by Gasteiger charge is 2.34. The Morgan fingerprint density at radius 2 is 1.57 bits per heavy atom. The van der Waals surface area contributed by atoms with Crippen molar-refractivity contribution in [3.63, 3.8) is 0 Å². The SMILES string of the molecule is CC(C)c1ccc(N(CC(=O)N(Cc2cccc(Br)c2)[C@H](Cc2ccccc2)C(=O)NC2CCCC2)S(C)(=O)=O)cc1. The number of nitrogens with zero attached hydrogens (tertiary/aromatic N) is 2. The van der Waals surface area contributed by atoms with E-state index in [0.29, 0.717) is 12.1 Å². The molecule has 2 amide bonds. The Balaban J connectivity index is 1.71. The Bertz CT molecular complexity index is 1460. The number of benzene rings is 3. The molecule has 0 aromatic heterocycles. The second-order valence-electron chi connectivity index (χ2n) is 11.4. The Kier molecular flexibility index (Phi) is 10.8. The number of sulfonamides is 1. The standard InChI is InChI=1S/C33H40BrN3O4S/c1-24(2)27-16-18-30(19-17-27)37(42(3,40)41)23-32(38)36(22-26-12-9-13-28(34)20-26)31(21-25-10-5-4-6-11-25)33(39)35-29-14-7-8-15-29/h4-6,9-13,16-20,24,29,31H,7-8,14-15,21-23H2,1-3H3,(H,35,39)/t31-/m1/s1. The van der Waals surface area contributed by atoms with Crippen LogP contribution in [0.15, 0.2) is 83.3 Å². The van der Waals surface area contributed by atoms with Crippen LogP contribution in [-0.2, 0) is 32.6 Å². The van der Waals surface area contributed by atoms with Crippen molar-refractivity contribution < 1.29 is 18.0 Å². The van der Waals surface area contributed by atoms with Crippen molar-refractivity contribution in [1.82, 2.24) is 10.2 Å². The normalized spacial score (nSPS) is 14.5. The first-order chi connectivity index (χ1) is 20.0. The van der Waals surface area contributed by atoms with Crippen LogP contribution in [0.25, 0.3) is 0 Å². The average Bonchev–Trinajstić information content (AvgIpc) is 3.46. The van der Waals surface area contributed by atoms with Crippen LogP contribution in [0, 0.1) is 0 Å². The van der Waals surface area contributed by atoms with Gasteiger partial charge in [0.25, 0.3) is 0 Å². The highest BCUT2D eigenvalue weighted by Crippen LogP contribution is 2.24. The lowest BCUT2D eigenvalue weighted by atomic mass is 10.0. The number of hydrogen-bond acceptors (Lipinski definition) is 4. The monoisotopic (exact) mass is 653 g/mol. The van der Waals surface area contributed by atoms with Crippen molar-refractivity contribution >= 4 is 43.5 Å². The third kappa shape index (κ3) is 8.67. The Morgan fingerprint density at radius 1 is 0.929 bits per heavy atom. The number of rotatable bonds is 12. The minimum atomic E-state index is -3.80. The predicted molar refractivity (Wildman–Crippen MR) is 172 cm³/mol. The van der Waals surface area contributed by atoms with Crippen molar-refractivity contribution in [2.45, 2.75) is 70.5 Å². The quantitative estimate of drug-likeness (QED) is 0.258. The first-order valence-electron chi connectivity index (χ1n) is 14.5. The maximum atomic E-state index is 14.2. The summed E-state index contributed by atoms with van der Waals surface area (Å²) >= 11 is 3.51. The minimum absolute atomic E-state index is 0.0746. The van der Waals surface area contributed by atoms with Gasteiger partial charge in [0.1, 0.15) is 12.6 Å². The Labute approximate surface area is 258 Å². The van der Waals surface area contributed by atoms with Gasteiger partial charge in [0, 0.05) is 23.5 Å². The number of carbonyl (C=O) groups excluding carboxylic acids is 2. The molecule has 0 saturated heterocycles.